The van der Waals surface area contributed by atoms with Crippen molar-refractivity contribution in [1.82, 2.24) is 4.90 Å². The summed E-state index contributed by atoms with van der Waals surface area (Å²) in [6.07, 6.45) is 2.46. The molecule has 2 fully saturated rings. The first-order chi connectivity index (χ1) is 10.1. The van der Waals surface area contributed by atoms with Gasteiger partial charge in [-0.25, -0.2) is 9.29 Å². The molecule has 0 aromatic heterocycles. The van der Waals surface area contributed by atoms with Gasteiger partial charge in [0.05, 0.1) is 18.2 Å². The van der Waals surface area contributed by atoms with Crippen LogP contribution in [0.2, 0.25) is 0 Å². The minimum absolute atomic E-state index is 0.180. The number of hydrogen-bond acceptors (Lipinski definition) is 3. The summed E-state index contributed by atoms with van der Waals surface area (Å²) in [7, 11) is 0. The molecule has 2 aliphatic rings. The van der Waals surface area contributed by atoms with Gasteiger partial charge in [-0.1, -0.05) is 6.92 Å². The van der Waals surface area contributed by atoms with Gasteiger partial charge in [-0.15, -0.1) is 0 Å². The lowest BCUT2D eigenvalue weighted by Gasteiger charge is -2.34. The van der Waals surface area contributed by atoms with E-state index in [9.17, 15) is 14.0 Å². The van der Waals surface area contributed by atoms with Gasteiger partial charge in [0, 0.05) is 6.54 Å². The summed E-state index contributed by atoms with van der Waals surface area (Å²) in [4.78, 5) is 28.1. The van der Waals surface area contributed by atoms with E-state index in [0.717, 1.165) is 19.5 Å². The fourth-order valence-electron chi connectivity index (χ4n) is 3.27. The van der Waals surface area contributed by atoms with Crippen LogP contribution in [0.15, 0.2) is 24.3 Å². The molecule has 2 amide bonds. The molecule has 0 bridgehead atoms. The number of likely N-dealkylation sites (tertiary alicyclic amines) is 1. The number of imide groups is 1. The second kappa shape index (κ2) is 5.56. The molecule has 0 N–H and O–H groups in total. The molecule has 2 heterocycles. The molecular weight excluding hydrogens is 271 g/mol. The Morgan fingerprint density at radius 3 is 2.57 bits per heavy atom. The van der Waals surface area contributed by atoms with Crippen LogP contribution in [-0.4, -0.2) is 35.8 Å². The maximum atomic E-state index is 13.0. The number of hydrogen-bond donors (Lipinski definition) is 0. The number of benzene rings is 1. The van der Waals surface area contributed by atoms with E-state index in [-0.39, 0.29) is 30.1 Å². The molecule has 1 aromatic rings. The summed E-state index contributed by atoms with van der Waals surface area (Å²) < 4.78 is 13.0. The normalized spacial score (nSPS) is 27.4. The Kier molecular flexibility index (Phi) is 3.76. The van der Waals surface area contributed by atoms with Crippen LogP contribution in [0.4, 0.5) is 10.1 Å². The van der Waals surface area contributed by atoms with Crippen molar-refractivity contribution in [1.29, 1.82) is 0 Å². The van der Waals surface area contributed by atoms with Gasteiger partial charge in [-0.05, 0) is 49.6 Å². The van der Waals surface area contributed by atoms with Gasteiger partial charge in [0.15, 0.2) is 0 Å². The fourth-order valence-corrected chi connectivity index (χ4v) is 3.27. The molecule has 21 heavy (non-hydrogen) atoms. The third-order valence-corrected chi connectivity index (χ3v) is 4.34. The highest BCUT2D eigenvalue weighted by Gasteiger charge is 2.43. The van der Waals surface area contributed by atoms with Gasteiger partial charge < -0.3 is 0 Å². The first-order valence-electron chi connectivity index (χ1n) is 7.42. The third kappa shape index (κ3) is 2.70. The molecule has 0 spiro atoms. The van der Waals surface area contributed by atoms with Crippen molar-refractivity contribution >= 4 is 17.5 Å². The second-order valence-electron chi connectivity index (χ2n) is 6.01. The van der Waals surface area contributed by atoms with Crippen molar-refractivity contribution in [3.63, 3.8) is 0 Å². The number of nitrogens with zero attached hydrogens (tertiary/aromatic N) is 2. The van der Waals surface area contributed by atoms with E-state index in [0.29, 0.717) is 11.6 Å². The number of anilines is 1. The number of piperidine rings is 1. The van der Waals surface area contributed by atoms with Gasteiger partial charge >= 0.3 is 0 Å². The van der Waals surface area contributed by atoms with Crippen LogP contribution >= 0.6 is 0 Å². The van der Waals surface area contributed by atoms with Crippen LogP contribution in [-0.2, 0) is 9.59 Å². The van der Waals surface area contributed by atoms with Gasteiger partial charge in [0.2, 0.25) is 5.91 Å². The van der Waals surface area contributed by atoms with Crippen LogP contribution in [0, 0.1) is 11.7 Å². The summed E-state index contributed by atoms with van der Waals surface area (Å²) in [6, 6.07) is 5.14. The predicted octanol–water partition coefficient (Wildman–Crippen LogP) is 2.19. The van der Waals surface area contributed by atoms with E-state index >= 15 is 0 Å². The highest BCUT2D eigenvalue weighted by molar-refractivity contribution is 6.22. The minimum atomic E-state index is -0.376. The highest BCUT2D eigenvalue weighted by atomic mass is 19.1. The monoisotopic (exact) mass is 290 g/mol. The summed E-state index contributed by atoms with van der Waals surface area (Å²) in [5.41, 5.74) is 0.457. The first kappa shape index (κ1) is 14.2. The maximum Gasteiger partial charge on any atom is 0.251 e. The van der Waals surface area contributed by atoms with Gasteiger partial charge in [0.25, 0.3) is 5.91 Å². The summed E-state index contributed by atoms with van der Waals surface area (Å²) in [5.74, 6) is -0.198. The standard InChI is InChI=1S/C16H19FN2O2/c1-11-3-2-8-18(10-11)14-9-15(20)19(16(14)21)13-6-4-12(17)5-7-13/h4-7,11,14H,2-3,8-10H2,1H3/t11-,14-/m1/s1. The highest BCUT2D eigenvalue weighted by Crippen LogP contribution is 2.28. The summed E-state index contributed by atoms with van der Waals surface area (Å²) in [5, 5.41) is 0. The van der Waals surface area contributed by atoms with E-state index in [1.54, 1.807) is 0 Å². The number of carbonyl (C=O) groups is 2. The Balaban J connectivity index is 1.80. The van der Waals surface area contributed by atoms with Crippen LogP contribution in [0.25, 0.3) is 0 Å². The Bertz CT molecular complexity index is 558. The van der Waals surface area contributed by atoms with E-state index in [1.165, 1.54) is 35.6 Å². The van der Waals surface area contributed by atoms with E-state index < -0.39 is 0 Å². The van der Waals surface area contributed by atoms with Crippen LogP contribution in [0.5, 0.6) is 0 Å². The van der Waals surface area contributed by atoms with Crippen molar-refractivity contribution in [2.24, 2.45) is 5.92 Å². The van der Waals surface area contributed by atoms with Gasteiger partial charge in [-0.2, -0.15) is 0 Å². The van der Waals surface area contributed by atoms with E-state index in [2.05, 4.69) is 11.8 Å². The molecule has 0 unspecified atom stereocenters. The first-order valence-corrected chi connectivity index (χ1v) is 7.42. The predicted molar refractivity (Wildman–Crippen MR) is 77.3 cm³/mol. The van der Waals surface area contributed by atoms with Crippen molar-refractivity contribution in [3.8, 4) is 0 Å². The molecule has 0 aliphatic carbocycles. The minimum Gasteiger partial charge on any atom is -0.291 e. The zero-order chi connectivity index (χ0) is 15.0. The third-order valence-electron chi connectivity index (χ3n) is 4.34. The second-order valence-corrected chi connectivity index (χ2v) is 6.01. The van der Waals surface area contributed by atoms with Gasteiger partial charge in [0.1, 0.15) is 5.82 Å². The molecule has 5 heteroatoms. The van der Waals surface area contributed by atoms with Crippen LogP contribution in [0.3, 0.4) is 0 Å². The molecule has 112 valence electrons. The lowest BCUT2D eigenvalue weighted by molar-refractivity contribution is -0.123. The molecule has 0 saturated carbocycles. The number of carbonyl (C=O) groups excluding carboxylic acids is 2. The molecular formula is C16H19FN2O2. The fraction of sp³-hybridized carbons (Fsp3) is 0.500. The zero-order valence-electron chi connectivity index (χ0n) is 12.1. The molecule has 2 aliphatic heterocycles. The van der Waals surface area contributed by atoms with Gasteiger partial charge in [-0.3, -0.25) is 14.5 Å². The number of amides is 2. The molecule has 2 atom stereocenters. The van der Waals surface area contributed by atoms with E-state index in [4.69, 9.17) is 0 Å². The van der Waals surface area contributed by atoms with Crippen molar-refractivity contribution in [2.45, 2.75) is 32.2 Å². The lowest BCUT2D eigenvalue weighted by atomic mass is 9.98. The van der Waals surface area contributed by atoms with Crippen LogP contribution < -0.4 is 4.90 Å². The average Bonchev–Trinajstić information content (AvgIpc) is 2.75. The number of rotatable bonds is 2. The molecule has 0 radical (unpaired) electrons. The summed E-state index contributed by atoms with van der Waals surface area (Å²) in [6.45, 7) is 3.90. The molecule has 1 aromatic carbocycles. The lowest BCUT2D eigenvalue weighted by Crippen LogP contribution is -2.46. The van der Waals surface area contributed by atoms with E-state index in [1.807, 2.05) is 0 Å². The Morgan fingerprint density at radius 2 is 1.90 bits per heavy atom. The van der Waals surface area contributed by atoms with Crippen molar-refractivity contribution < 1.29 is 14.0 Å². The molecule has 3 rings (SSSR count). The smallest absolute Gasteiger partial charge is 0.251 e. The van der Waals surface area contributed by atoms with Crippen LogP contribution in [0.1, 0.15) is 26.2 Å². The maximum absolute atomic E-state index is 13.0. The molecule has 4 nitrogen and oxygen atoms in total. The Morgan fingerprint density at radius 1 is 1.19 bits per heavy atom. The Labute approximate surface area is 123 Å². The van der Waals surface area contributed by atoms with Crippen molar-refractivity contribution in [2.75, 3.05) is 18.0 Å². The van der Waals surface area contributed by atoms with Crippen molar-refractivity contribution in [3.05, 3.63) is 30.1 Å². The number of halogens is 1. The SMILES string of the molecule is C[C@@H]1CCCN([C@@H]2CC(=O)N(c3ccc(F)cc3)C2=O)C1. The topological polar surface area (TPSA) is 40.6 Å². The quantitative estimate of drug-likeness (QED) is 0.784. The summed E-state index contributed by atoms with van der Waals surface area (Å²) >= 11 is 0. The average molecular weight is 290 g/mol. The largest absolute Gasteiger partial charge is 0.291 e. The molecule has 2 saturated heterocycles. The Hall–Kier alpha value is -1.75. The zero-order valence-corrected chi connectivity index (χ0v) is 12.1.